The van der Waals surface area contributed by atoms with Crippen LogP contribution in [0.2, 0.25) is 0 Å². The van der Waals surface area contributed by atoms with Crippen LogP contribution >= 0.6 is 11.8 Å². The van der Waals surface area contributed by atoms with Gasteiger partial charge in [0.05, 0.1) is 11.8 Å². The number of rotatable bonds is 6. The summed E-state index contributed by atoms with van der Waals surface area (Å²) < 4.78 is 5.67. The van der Waals surface area contributed by atoms with Crippen LogP contribution in [0.4, 0.5) is 0 Å². The van der Waals surface area contributed by atoms with Crippen LogP contribution in [0.25, 0.3) is 22.2 Å². The van der Waals surface area contributed by atoms with Gasteiger partial charge in [-0.1, -0.05) is 71.9 Å². The molecule has 29 heavy (non-hydrogen) atoms. The number of carbonyl (C=O) groups excluding carboxylic acids is 1. The van der Waals surface area contributed by atoms with Gasteiger partial charge in [0.2, 0.25) is 11.8 Å². The summed E-state index contributed by atoms with van der Waals surface area (Å²) in [4.78, 5) is 12.4. The fraction of sp³-hybridized carbons (Fsp3) is 0.174. The van der Waals surface area contributed by atoms with E-state index in [1.165, 1.54) is 17.3 Å². The smallest absolute Gasteiger partial charge is 0.277 e. The average Bonchev–Trinajstić information content (AvgIpc) is 3.21. The van der Waals surface area contributed by atoms with Gasteiger partial charge in [-0.25, -0.2) is 0 Å². The second-order valence-electron chi connectivity index (χ2n) is 6.89. The summed E-state index contributed by atoms with van der Waals surface area (Å²) in [6, 6.07) is 22.1. The van der Waals surface area contributed by atoms with Crippen LogP contribution in [0.15, 0.2) is 76.4 Å². The fourth-order valence-electron chi connectivity index (χ4n) is 3.20. The molecule has 1 atom stereocenters. The highest BCUT2D eigenvalue weighted by Gasteiger charge is 2.15. The third kappa shape index (κ3) is 4.49. The Labute approximate surface area is 173 Å². The van der Waals surface area contributed by atoms with Crippen LogP contribution in [0.1, 0.15) is 24.1 Å². The van der Waals surface area contributed by atoms with E-state index in [1.807, 2.05) is 62.4 Å². The van der Waals surface area contributed by atoms with Crippen molar-refractivity contribution in [2.75, 3.05) is 5.75 Å². The molecule has 1 heterocycles. The summed E-state index contributed by atoms with van der Waals surface area (Å²) in [6.07, 6.45) is 0. The number of fused-ring (bicyclic) bond motifs is 1. The van der Waals surface area contributed by atoms with E-state index < -0.39 is 0 Å². The number of hydrogen-bond acceptors (Lipinski definition) is 5. The number of nitrogens with zero attached hydrogens (tertiary/aromatic N) is 2. The summed E-state index contributed by atoms with van der Waals surface area (Å²) in [6.45, 7) is 4.02. The van der Waals surface area contributed by atoms with Gasteiger partial charge in [0.1, 0.15) is 0 Å². The molecule has 0 fully saturated rings. The Bertz CT molecular complexity index is 1130. The molecule has 146 valence electrons. The van der Waals surface area contributed by atoms with Crippen LogP contribution in [0.5, 0.6) is 0 Å². The first-order valence-corrected chi connectivity index (χ1v) is 10.4. The van der Waals surface area contributed by atoms with Crippen LogP contribution in [0, 0.1) is 6.92 Å². The number of benzene rings is 3. The van der Waals surface area contributed by atoms with Gasteiger partial charge < -0.3 is 9.73 Å². The molecule has 0 radical (unpaired) electrons. The highest BCUT2D eigenvalue weighted by atomic mass is 32.2. The summed E-state index contributed by atoms with van der Waals surface area (Å²) in [5, 5.41) is 13.8. The summed E-state index contributed by atoms with van der Waals surface area (Å²) in [5.74, 6) is 0.590. The lowest BCUT2D eigenvalue weighted by molar-refractivity contribution is -0.119. The van der Waals surface area contributed by atoms with Crippen molar-refractivity contribution in [3.63, 3.8) is 0 Å². The molecule has 4 rings (SSSR count). The third-order valence-electron chi connectivity index (χ3n) is 4.70. The SMILES string of the molecule is Cc1ccc(-c2nnc(SCC(=O)N[C@H](C)c3cccc4ccccc34)o2)cc1. The maximum absolute atomic E-state index is 12.4. The average molecular weight is 404 g/mol. The Balaban J connectivity index is 1.37. The highest BCUT2D eigenvalue weighted by Crippen LogP contribution is 2.25. The molecule has 4 aromatic rings. The number of amides is 1. The number of thioether (sulfide) groups is 1. The van der Waals surface area contributed by atoms with Gasteiger partial charge in [0.15, 0.2) is 0 Å². The largest absolute Gasteiger partial charge is 0.411 e. The molecule has 1 aromatic heterocycles. The number of aromatic nitrogens is 2. The van der Waals surface area contributed by atoms with E-state index in [1.54, 1.807) is 0 Å². The van der Waals surface area contributed by atoms with E-state index in [9.17, 15) is 4.79 Å². The van der Waals surface area contributed by atoms with Crippen molar-refractivity contribution in [2.45, 2.75) is 25.1 Å². The van der Waals surface area contributed by atoms with Crippen LogP contribution in [0.3, 0.4) is 0 Å². The summed E-state index contributed by atoms with van der Waals surface area (Å²) in [5.41, 5.74) is 3.13. The third-order valence-corrected chi connectivity index (χ3v) is 5.52. The lowest BCUT2D eigenvalue weighted by Gasteiger charge is -2.16. The quantitative estimate of drug-likeness (QED) is 0.450. The molecule has 5 nitrogen and oxygen atoms in total. The number of aryl methyl sites for hydroxylation is 1. The zero-order chi connectivity index (χ0) is 20.2. The van der Waals surface area contributed by atoms with E-state index in [2.05, 4.69) is 33.7 Å². The van der Waals surface area contributed by atoms with E-state index in [-0.39, 0.29) is 17.7 Å². The first kappa shape index (κ1) is 19.2. The zero-order valence-electron chi connectivity index (χ0n) is 16.3. The zero-order valence-corrected chi connectivity index (χ0v) is 17.1. The van der Waals surface area contributed by atoms with Crippen LogP contribution in [-0.4, -0.2) is 21.9 Å². The molecule has 0 bridgehead atoms. The normalized spacial score (nSPS) is 12.1. The molecule has 0 saturated heterocycles. The Morgan fingerprint density at radius 3 is 2.62 bits per heavy atom. The molecule has 0 spiro atoms. The summed E-state index contributed by atoms with van der Waals surface area (Å²) >= 11 is 1.24. The van der Waals surface area contributed by atoms with Crippen LogP contribution < -0.4 is 5.32 Å². The van der Waals surface area contributed by atoms with E-state index in [4.69, 9.17) is 4.42 Å². The molecule has 0 aliphatic heterocycles. The molecule has 0 aliphatic carbocycles. The minimum atomic E-state index is -0.0972. The molecule has 0 aliphatic rings. The second-order valence-corrected chi connectivity index (χ2v) is 7.81. The van der Waals surface area contributed by atoms with Crippen molar-refractivity contribution in [3.05, 3.63) is 77.9 Å². The van der Waals surface area contributed by atoms with E-state index in [0.29, 0.717) is 11.1 Å². The van der Waals surface area contributed by atoms with Crippen LogP contribution in [-0.2, 0) is 4.79 Å². The van der Waals surface area contributed by atoms with Gasteiger partial charge in [0.25, 0.3) is 5.22 Å². The second kappa shape index (κ2) is 8.49. The van der Waals surface area contributed by atoms with E-state index in [0.717, 1.165) is 21.9 Å². The first-order valence-electron chi connectivity index (χ1n) is 9.40. The van der Waals surface area contributed by atoms with Gasteiger partial charge in [-0.3, -0.25) is 4.79 Å². The molecular weight excluding hydrogens is 382 g/mol. The Morgan fingerprint density at radius 1 is 1.03 bits per heavy atom. The molecule has 3 aromatic carbocycles. The van der Waals surface area contributed by atoms with Crippen molar-refractivity contribution in [1.29, 1.82) is 0 Å². The fourth-order valence-corrected chi connectivity index (χ4v) is 3.77. The minimum Gasteiger partial charge on any atom is -0.411 e. The molecule has 1 amide bonds. The lowest BCUT2D eigenvalue weighted by atomic mass is 10.00. The number of hydrogen-bond donors (Lipinski definition) is 1. The van der Waals surface area contributed by atoms with Gasteiger partial charge in [0, 0.05) is 5.56 Å². The standard InChI is InChI=1S/C23H21N3O2S/c1-15-10-12-18(13-11-15)22-25-26-23(28-22)29-14-21(27)24-16(2)19-9-5-7-17-6-3-4-8-20(17)19/h3-13,16H,14H2,1-2H3,(H,24,27)/t16-/m1/s1. The summed E-state index contributed by atoms with van der Waals surface area (Å²) in [7, 11) is 0. The van der Waals surface area contributed by atoms with Crippen molar-refractivity contribution in [2.24, 2.45) is 0 Å². The predicted molar refractivity (Wildman–Crippen MR) is 116 cm³/mol. The van der Waals surface area contributed by atoms with Crippen molar-refractivity contribution in [3.8, 4) is 11.5 Å². The topological polar surface area (TPSA) is 68.0 Å². The van der Waals surface area contributed by atoms with Gasteiger partial charge >= 0.3 is 0 Å². The Hall–Kier alpha value is -3.12. The highest BCUT2D eigenvalue weighted by molar-refractivity contribution is 7.99. The Kier molecular flexibility index (Phi) is 5.62. The van der Waals surface area contributed by atoms with Crippen molar-refractivity contribution >= 4 is 28.4 Å². The minimum absolute atomic E-state index is 0.0782. The molecule has 1 N–H and O–H groups in total. The maximum atomic E-state index is 12.4. The Morgan fingerprint density at radius 2 is 1.79 bits per heavy atom. The van der Waals surface area contributed by atoms with Crippen molar-refractivity contribution < 1.29 is 9.21 Å². The lowest BCUT2D eigenvalue weighted by Crippen LogP contribution is -2.28. The molecule has 6 heteroatoms. The maximum Gasteiger partial charge on any atom is 0.277 e. The van der Waals surface area contributed by atoms with Crippen molar-refractivity contribution in [1.82, 2.24) is 15.5 Å². The molecular formula is C23H21N3O2S. The first-order chi connectivity index (χ1) is 14.1. The van der Waals surface area contributed by atoms with Gasteiger partial charge in [-0.15, -0.1) is 10.2 Å². The van der Waals surface area contributed by atoms with Gasteiger partial charge in [-0.2, -0.15) is 0 Å². The predicted octanol–water partition coefficient (Wildman–Crippen LogP) is 5.17. The number of carbonyl (C=O) groups is 1. The monoisotopic (exact) mass is 403 g/mol. The number of nitrogens with one attached hydrogen (secondary N) is 1. The van der Waals surface area contributed by atoms with E-state index >= 15 is 0 Å². The van der Waals surface area contributed by atoms with Gasteiger partial charge in [-0.05, 0) is 42.3 Å². The molecule has 0 saturated carbocycles. The molecule has 0 unspecified atom stereocenters.